The lowest BCUT2D eigenvalue weighted by Gasteiger charge is -2.28. The van der Waals surface area contributed by atoms with Crippen LogP contribution in [0.5, 0.6) is 0 Å². The van der Waals surface area contributed by atoms with E-state index in [4.69, 9.17) is 20.3 Å². The molecule has 0 aromatic carbocycles. The van der Waals surface area contributed by atoms with E-state index in [0.717, 1.165) is 11.3 Å². The summed E-state index contributed by atoms with van der Waals surface area (Å²) in [5, 5.41) is 19.2. The summed E-state index contributed by atoms with van der Waals surface area (Å²) in [6.07, 6.45) is -1.45. The van der Waals surface area contributed by atoms with Crippen LogP contribution < -0.4 is 10.6 Å². The maximum Gasteiger partial charge on any atom is 0.506 e. The lowest BCUT2D eigenvalue weighted by atomic mass is 9.85. The quantitative estimate of drug-likeness (QED) is 0.604. The van der Waals surface area contributed by atoms with Crippen LogP contribution in [0, 0.1) is 11.8 Å². The molecule has 1 aliphatic rings. The van der Waals surface area contributed by atoms with Crippen molar-refractivity contribution >= 4 is 33.8 Å². The Bertz CT molecular complexity index is 915. The molecule has 2 aromatic heterocycles. The first-order valence-corrected chi connectivity index (χ1v) is 9.91. The standard InChI is InChI=1S/C17H24N4O6S/c1-4-10(22)11-5-9(7(2)8(3)26-17(24)25)14(27-11)21-13-12(28-16(21)23)6-19-15(18)20-13/h6-11,14,22H,4-5H2,1-3H3,(H,24,25)(H2,18,19,20)/t7-,8?,9-,10-,11-,14+/m0/s1. The molecule has 3 rings (SSSR count). The Balaban J connectivity index is 2.03. The van der Waals surface area contributed by atoms with Crippen molar-refractivity contribution in [2.24, 2.45) is 11.8 Å². The Morgan fingerprint density at radius 2 is 2.25 bits per heavy atom. The molecule has 0 saturated carbocycles. The highest BCUT2D eigenvalue weighted by molar-refractivity contribution is 7.16. The van der Waals surface area contributed by atoms with Crippen molar-refractivity contribution in [2.45, 2.75) is 58.2 Å². The molecule has 1 unspecified atom stereocenters. The van der Waals surface area contributed by atoms with Gasteiger partial charge in [-0.25, -0.2) is 9.78 Å². The van der Waals surface area contributed by atoms with Gasteiger partial charge in [-0.1, -0.05) is 25.2 Å². The van der Waals surface area contributed by atoms with E-state index in [9.17, 15) is 14.7 Å². The van der Waals surface area contributed by atoms with Gasteiger partial charge in [-0.2, -0.15) is 4.98 Å². The van der Waals surface area contributed by atoms with Crippen LogP contribution in [0.4, 0.5) is 10.7 Å². The number of aromatic nitrogens is 3. The number of nitrogens with two attached hydrogens (primary N) is 1. The number of fused-ring (bicyclic) bond motifs is 1. The minimum Gasteiger partial charge on any atom is -0.450 e. The molecule has 6 atom stereocenters. The molecule has 10 nitrogen and oxygen atoms in total. The van der Waals surface area contributed by atoms with Gasteiger partial charge in [0.1, 0.15) is 12.3 Å². The van der Waals surface area contributed by atoms with Crippen LogP contribution in [0.2, 0.25) is 0 Å². The van der Waals surface area contributed by atoms with Crippen molar-refractivity contribution < 1.29 is 24.5 Å². The van der Waals surface area contributed by atoms with Crippen LogP contribution in [0.25, 0.3) is 10.3 Å². The Labute approximate surface area is 164 Å². The number of carboxylic acid groups (broad SMARTS) is 1. The van der Waals surface area contributed by atoms with Gasteiger partial charge in [-0.05, 0) is 19.8 Å². The number of thiazole rings is 1. The summed E-state index contributed by atoms with van der Waals surface area (Å²) >= 11 is 0.981. The lowest BCUT2D eigenvalue weighted by molar-refractivity contribution is -0.0739. The van der Waals surface area contributed by atoms with Gasteiger partial charge in [-0.15, -0.1) is 0 Å². The summed E-state index contributed by atoms with van der Waals surface area (Å²) in [6, 6.07) is 0. The van der Waals surface area contributed by atoms with Crippen LogP contribution >= 0.6 is 11.3 Å². The van der Waals surface area contributed by atoms with Gasteiger partial charge in [0.25, 0.3) is 0 Å². The molecular formula is C17H24N4O6S. The van der Waals surface area contributed by atoms with Gasteiger partial charge in [0.2, 0.25) is 5.95 Å². The fraction of sp³-hybridized carbons (Fsp3) is 0.647. The Morgan fingerprint density at radius 3 is 2.89 bits per heavy atom. The highest BCUT2D eigenvalue weighted by Crippen LogP contribution is 2.43. The second-order valence-corrected chi connectivity index (χ2v) is 8.04. The van der Waals surface area contributed by atoms with Crippen molar-refractivity contribution in [1.82, 2.24) is 14.5 Å². The first kappa shape index (κ1) is 20.5. The predicted octanol–water partition coefficient (Wildman–Crippen LogP) is 1.83. The van der Waals surface area contributed by atoms with Gasteiger partial charge in [0.15, 0.2) is 5.65 Å². The molecule has 4 N–H and O–H groups in total. The fourth-order valence-corrected chi connectivity index (χ4v) is 4.46. The van der Waals surface area contributed by atoms with Crippen LogP contribution in [0.3, 0.4) is 0 Å². The van der Waals surface area contributed by atoms with Crippen molar-refractivity contribution in [3.8, 4) is 0 Å². The van der Waals surface area contributed by atoms with Crippen LogP contribution in [0.15, 0.2) is 11.0 Å². The number of aliphatic hydroxyl groups is 1. The number of hydrogen-bond acceptors (Lipinski definition) is 9. The van der Waals surface area contributed by atoms with Crippen LogP contribution in [-0.4, -0.2) is 49.2 Å². The lowest BCUT2D eigenvalue weighted by Crippen LogP contribution is -2.33. The number of rotatable bonds is 6. The smallest absolute Gasteiger partial charge is 0.450 e. The molecule has 0 spiro atoms. The van der Waals surface area contributed by atoms with Crippen molar-refractivity contribution in [1.29, 1.82) is 0 Å². The van der Waals surface area contributed by atoms with Gasteiger partial charge in [0.05, 0.1) is 23.1 Å². The number of carbonyl (C=O) groups is 1. The Hall–Kier alpha value is -2.24. The van der Waals surface area contributed by atoms with E-state index in [-0.39, 0.29) is 22.7 Å². The maximum atomic E-state index is 12.7. The molecule has 1 aliphatic heterocycles. The first-order valence-electron chi connectivity index (χ1n) is 9.09. The van der Waals surface area contributed by atoms with E-state index in [2.05, 4.69) is 9.97 Å². The highest BCUT2D eigenvalue weighted by Gasteiger charge is 2.45. The molecular weight excluding hydrogens is 388 g/mol. The summed E-state index contributed by atoms with van der Waals surface area (Å²) in [5.74, 6) is -0.502. The zero-order valence-electron chi connectivity index (χ0n) is 15.8. The third kappa shape index (κ3) is 3.82. The molecule has 154 valence electrons. The van der Waals surface area contributed by atoms with Crippen molar-refractivity contribution in [2.75, 3.05) is 5.73 Å². The zero-order valence-corrected chi connectivity index (χ0v) is 16.6. The zero-order chi connectivity index (χ0) is 20.6. The van der Waals surface area contributed by atoms with Gasteiger partial charge >= 0.3 is 11.0 Å². The van der Waals surface area contributed by atoms with Gasteiger partial charge in [0, 0.05) is 11.8 Å². The Kier molecular flexibility index (Phi) is 5.87. The van der Waals surface area contributed by atoms with Crippen LogP contribution in [0.1, 0.15) is 39.8 Å². The molecule has 0 amide bonds. The fourth-order valence-electron chi connectivity index (χ4n) is 3.65. The maximum absolute atomic E-state index is 12.7. The summed E-state index contributed by atoms with van der Waals surface area (Å²) in [4.78, 5) is 31.5. The van der Waals surface area contributed by atoms with E-state index in [1.165, 1.54) is 10.8 Å². The monoisotopic (exact) mass is 412 g/mol. The SMILES string of the molecule is CC[C@H](O)[C@@H]1C[C@@H]([C@@H](C)C(C)OC(=O)O)[C@H](n2c(=O)sc3cnc(N)nc32)O1. The molecule has 3 heterocycles. The minimum atomic E-state index is -1.36. The number of ether oxygens (including phenoxy) is 2. The Morgan fingerprint density at radius 1 is 1.54 bits per heavy atom. The third-order valence-electron chi connectivity index (χ3n) is 5.37. The second kappa shape index (κ2) is 8.02. The molecule has 0 radical (unpaired) electrons. The summed E-state index contributed by atoms with van der Waals surface area (Å²) in [5.41, 5.74) is 6.06. The number of anilines is 1. The van der Waals surface area contributed by atoms with E-state index >= 15 is 0 Å². The number of nitrogens with zero attached hydrogens (tertiary/aromatic N) is 3. The van der Waals surface area contributed by atoms with Crippen LogP contribution in [-0.2, 0) is 9.47 Å². The predicted molar refractivity (Wildman–Crippen MR) is 102 cm³/mol. The average Bonchev–Trinajstić information content (AvgIpc) is 3.19. The van der Waals surface area contributed by atoms with E-state index in [0.29, 0.717) is 23.2 Å². The van der Waals surface area contributed by atoms with Crippen molar-refractivity contribution in [3.63, 3.8) is 0 Å². The van der Waals surface area contributed by atoms with Gasteiger partial charge < -0.3 is 25.4 Å². The molecule has 1 saturated heterocycles. The first-order chi connectivity index (χ1) is 13.2. The summed E-state index contributed by atoms with van der Waals surface area (Å²) in [6.45, 7) is 5.35. The van der Waals surface area contributed by atoms with Gasteiger partial charge in [-0.3, -0.25) is 9.36 Å². The molecule has 1 fully saturated rings. The van der Waals surface area contributed by atoms with E-state index in [1.807, 2.05) is 13.8 Å². The molecule has 0 bridgehead atoms. The van der Waals surface area contributed by atoms with E-state index < -0.39 is 30.7 Å². The molecule has 2 aromatic rings. The topological polar surface area (TPSA) is 150 Å². The average molecular weight is 412 g/mol. The molecule has 28 heavy (non-hydrogen) atoms. The highest BCUT2D eigenvalue weighted by atomic mass is 32.1. The number of aliphatic hydroxyl groups excluding tert-OH is 1. The normalized spacial score (nSPS) is 25.5. The summed E-state index contributed by atoms with van der Waals surface area (Å²) < 4.78 is 13.0. The minimum absolute atomic E-state index is 0.0365. The van der Waals surface area contributed by atoms with E-state index in [1.54, 1.807) is 6.92 Å². The number of nitrogen functional groups attached to an aromatic ring is 1. The third-order valence-corrected chi connectivity index (χ3v) is 6.25. The molecule has 0 aliphatic carbocycles. The second-order valence-electron chi connectivity index (χ2n) is 7.04. The van der Waals surface area contributed by atoms with Crippen molar-refractivity contribution in [3.05, 3.63) is 15.9 Å². The summed E-state index contributed by atoms with van der Waals surface area (Å²) in [7, 11) is 0. The number of hydrogen-bond donors (Lipinski definition) is 3. The largest absolute Gasteiger partial charge is 0.506 e. The molecule has 11 heteroatoms.